The second-order valence-corrected chi connectivity index (χ2v) is 9.43. The maximum Gasteiger partial charge on any atom is 0.243 e. The zero-order valence-electron chi connectivity index (χ0n) is 15.7. The van der Waals surface area contributed by atoms with Gasteiger partial charge in [-0.2, -0.15) is 4.31 Å². The van der Waals surface area contributed by atoms with Crippen molar-refractivity contribution in [1.29, 1.82) is 0 Å². The summed E-state index contributed by atoms with van der Waals surface area (Å²) in [6.07, 6.45) is 0.729. The number of rotatable bonds is 4. The molecule has 3 nitrogen and oxygen atoms in total. The Labute approximate surface area is 165 Å². The third kappa shape index (κ3) is 2.89. The third-order valence-electron chi connectivity index (χ3n) is 5.61. The van der Waals surface area contributed by atoms with Gasteiger partial charge in [0.2, 0.25) is 10.0 Å². The zero-order chi connectivity index (χ0) is 19.3. The van der Waals surface area contributed by atoms with Crippen LogP contribution in [0.5, 0.6) is 0 Å². The second-order valence-electron chi connectivity index (χ2n) is 7.54. The summed E-state index contributed by atoms with van der Waals surface area (Å²) in [7, 11) is -3.43. The van der Waals surface area contributed by atoms with Crippen LogP contribution in [0.25, 0.3) is 21.5 Å². The molecule has 0 aromatic heterocycles. The first-order valence-electron chi connectivity index (χ1n) is 9.52. The molecule has 1 saturated heterocycles. The standard InChI is InChI=1S/C24H21NO2S/c1-17-10-12-21(13-11-17)28(26,27)25-16-20(25)15-24-22-8-4-2-6-18(22)14-19-7-3-5-9-23(19)24/h2-14,20H,15-16H2,1H3. The van der Waals surface area contributed by atoms with E-state index in [2.05, 4.69) is 30.3 Å². The van der Waals surface area contributed by atoms with Crippen LogP contribution in [-0.4, -0.2) is 25.3 Å². The maximum absolute atomic E-state index is 13.0. The van der Waals surface area contributed by atoms with E-state index in [1.807, 2.05) is 43.3 Å². The largest absolute Gasteiger partial charge is 0.243 e. The fourth-order valence-electron chi connectivity index (χ4n) is 4.03. The van der Waals surface area contributed by atoms with E-state index in [1.165, 1.54) is 27.1 Å². The van der Waals surface area contributed by atoms with Gasteiger partial charge in [0.25, 0.3) is 0 Å². The summed E-state index contributed by atoms with van der Waals surface area (Å²) < 4.78 is 27.5. The minimum atomic E-state index is -3.43. The summed E-state index contributed by atoms with van der Waals surface area (Å²) in [4.78, 5) is 0.378. The molecule has 0 aliphatic carbocycles. The summed E-state index contributed by atoms with van der Waals surface area (Å²) in [6, 6.07) is 26.0. The molecular formula is C24H21NO2S. The summed E-state index contributed by atoms with van der Waals surface area (Å²) >= 11 is 0. The number of hydrogen-bond donors (Lipinski definition) is 0. The number of nitrogens with zero attached hydrogens (tertiary/aromatic N) is 1. The minimum absolute atomic E-state index is 0.0144. The van der Waals surface area contributed by atoms with Gasteiger partial charge in [-0.25, -0.2) is 8.42 Å². The molecule has 0 bridgehead atoms. The van der Waals surface area contributed by atoms with Crippen LogP contribution in [0.3, 0.4) is 0 Å². The number of hydrogen-bond acceptors (Lipinski definition) is 2. The zero-order valence-corrected chi connectivity index (χ0v) is 16.5. The Morgan fingerprint density at radius 2 is 1.43 bits per heavy atom. The van der Waals surface area contributed by atoms with Crippen LogP contribution >= 0.6 is 0 Å². The molecule has 0 spiro atoms. The molecule has 0 saturated carbocycles. The van der Waals surface area contributed by atoms with Crippen molar-refractivity contribution in [3.8, 4) is 0 Å². The van der Waals surface area contributed by atoms with E-state index < -0.39 is 10.0 Å². The average molecular weight is 388 g/mol. The van der Waals surface area contributed by atoms with Crippen LogP contribution in [-0.2, 0) is 16.4 Å². The fourth-order valence-corrected chi connectivity index (χ4v) is 5.62. The molecule has 1 heterocycles. The molecule has 0 radical (unpaired) electrons. The van der Waals surface area contributed by atoms with Crippen LogP contribution < -0.4 is 0 Å². The molecule has 2 atom stereocenters. The summed E-state index contributed by atoms with van der Waals surface area (Å²) in [5.41, 5.74) is 2.30. The summed E-state index contributed by atoms with van der Waals surface area (Å²) in [6.45, 7) is 2.54. The van der Waals surface area contributed by atoms with Crippen LogP contribution in [0, 0.1) is 6.92 Å². The van der Waals surface area contributed by atoms with Gasteiger partial charge < -0.3 is 0 Å². The van der Waals surface area contributed by atoms with E-state index in [1.54, 1.807) is 16.4 Å². The normalized spacial score (nSPS) is 19.2. The lowest BCUT2D eigenvalue weighted by molar-refractivity contribution is 0.552. The van der Waals surface area contributed by atoms with Crippen molar-refractivity contribution in [2.75, 3.05) is 6.54 Å². The Kier molecular flexibility index (Phi) is 4.00. The van der Waals surface area contributed by atoms with E-state index in [0.717, 1.165) is 12.0 Å². The van der Waals surface area contributed by atoms with E-state index in [-0.39, 0.29) is 6.04 Å². The number of benzene rings is 4. The van der Waals surface area contributed by atoms with Crippen molar-refractivity contribution < 1.29 is 8.42 Å². The van der Waals surface area contributed by atoms with Gasteiger partial charge >= 0.3 is 0 Å². The molecule has 28 heavy (non-hydrogen) atoms. The molecule has 4 heteroatoms. The monoisotopic (exact) mass is 387 g/mol. The van der Waals surface area contributed by atoms with Crippen molar-refractivity contribution in [3.05, 3.63) is 90.0 Å². The quantitative estimate of drug-likeness (QED) is 0.368. The van der Waals surface area contributed by atoms with Crippen molar-refractivity contribution in [2.24, 2.45) is 0 Å². The molecular weight excluding hydrogens is 366 g/mol. The first kappa shape index (κ1) is 17.4. The summed E-state index contributed by atoms with van der Waals surface area (Å²) in [5.74, 6) is 0. The van der Waals surface area contributed by atoms with E-state index >= 15 is 0 Å². The first-order chi connectivity index (χ1) is 13.5. The molecule has 1 aliphatic rings. The Hall–Kier alpha value is -2.69. The SMILES string of the molecule is Cc1ccc(S(=O)(=O)N2CC2Cc2c3ccccc3cc3ccccc23)cc1. The highest BCUT2D eigenvalue weighted by Crippen LogP contribution is 2.35. The van der Waals surface area contributed by atoms with Gasteiger partial charge in [0.1, 0.15) is 0 Å². The van der Waals surface area contributed by atoms with Crippen LogP contribution in [0.2, 0.25) is 0 Å². The highest BCUT2D eigenvalue weighted by Gasteiger charge is 2.44. The third-order valence-corrected chi connectivity index (χ3v) is 7.55. The lowest BCUT2D eigenvalue weighted by atomic mass is 9.94. The van der Waals surface area contributed by atoms with E-state index in [4.69, 9.17) is 0 Å². The van der Waals surface area contributed by atoms with Gasteiger partial charge in [-0.15, -0.1) is 0 Å². The van der Waals surface area contributed by atoms with Gasteiger partial charge in [0.15, 0.2) is 0 Å². The smallest absolute Gasteiger partial charge is 0.207 e. The van der Waals surface area contributed by atoms with E-state index in [9.17, 15) is 8.42 Å². The molecule has 1 aliphatic heterocycles. The molecule has 0 amide bonds. The van der Waals surface area contributed by atoms with Crippen LogP contribution in [0.4, 0.5) is 0 Å². The fraction of sp³-hybridized carbons (Fsp3) is 0.167. The van der Waals surface area contributed by atoms with Crippen molar-refractivity contribution in [2.45, 2.75) is 24.3 Å². The lowest BCUT2D eigenvalue weighted by Crippen LogP contribution is -2.15. The van der Waals surface area contributed by atoms with Crippen LogP contribution in [0.1, 0.15) is 11.1 Å². The van der Waals surface area contributed by atoms with Crippen molar-refractivity contribution in [3.63, 3.8) is 0 Å². The molecule has 4 aromatic carbocycles. The van der Waals surface area contributed by atoms with Crippen molar-refractivity contribution >= 4 is 31.6 Å². The Balaban J connectivity index is 1.52. The highest BCUT2D eigenvalue weighted by atomic mass is 32.2. The van der Waals surface area contributed by atoms with Gasteiger partial charge in [-0.3, -0.25) is 0 Å². The van der Waals surface area contributed by atoms with E-state index in [0.29, 0.717) is 11.4 Å². The van der Waals surface area contributed by atoms with Crippen molar-refractivity contribution in [1.82, 2.24) is 4.31 Å². The Morgan fingerprint density at radius 3 is 2.04 bits per heavy atom. The van der Waals surface area contributed by atoms with Crippen LogP contribution in [0.15, 0.2) is 83.8 Å². The average Bonchev–Trinajstić information content (AvgIpc) is 3.48. The lowest BCUT2D eigenvalue weighted by Gasteiger charge is -2.12. The highest BCUT2D eigenvalue weighted by molar-refractivity contribution is 7.89. The number of fused-ring (bicyclic) bond motifs is 2. The molecule has 1 fully saturated rings. The topological polar surface area (TPSA) is 37.1 Å². The number of sulfonamides is 1. The minimum Gasteiger partial charge on any atom is -0.207 e. The summed E-state index contributed by atoms with van der Waals surface area (Å²) in [5, 5.41) is 4.82. The molecule has 2 unspecified atom stereocenters. The number of aryl methyl sites for hydroxylation is 1. The molecule has 4 aromatic rings. The van der Waals surface area contributed by atoms with Gasteiger partial charge in [0.05, 0.1) is 4.90 Å². The second kappa shape index (κ2) is 6.43. The Morgan fingerprint density at radius 1 is 0.857 bits per heavy atom. The molecule has 0 N–H and O–H groups in total. The Bertz CT molecular complexity index is 1240. The van der Waals surface area contributed by atoms with Gasteiger partial charge in [0, 0.05) is 12.6 Å². The van der Waals surface area contributed by atoms with Gasteiger partial charge in [-0.05, 0) is 58.7 Å². The predicted octanol–water partition coefficient (Wildman–Crippen LogP) is 4.92. The molecule has 5 rings (SSSR count). The molecule has 140 valence electrons. The first-order valence-corrected chi connectivity index (χ1v) is 11.0. The van der Waals surface area contributed by atoms with Gasteiger partial charge in [-0.1, -0.05) is 66.2 Å². The predicted molar refractivity (Wildman–Crippen MR) is 114 cm³/mol. The maximum atomic E-state index is 13.0.